The van der Waals surface area contributed by atoms with E-state index in [1.807, 2.05) is 0 Å². The molecule has 0 atom stereocenters. The number of carbonyl (C=O) groups is 1. The minimum atomic E-state index is -0.0200. The molecule has 0 aromatic carbocycles. The van der Waals surface area contributed by atoms with Gasteiger partial charge in [-0.1, -0.05) is 11.6 Å². The molecule has 1 saturated heterocycles. The van der Waals surface area contributed by atoms with Crippen LogP contribution >= 0.6 is 23.4 Å². The number of anilines is 1. The summed E-state index contributed by atoms with van der Waals surface area (Å²) in [6.07, 6.45) is 3.86. The zero-order chi connectivity index (χ0) is 12.8. The van der Waals surface area contributed by atoms with E-state index in [1.165, 1.54) is 0 Å². The van der Waals surface area contributed by atoms with Crippen LogP contribution in [-0.4, -0.2) is 35.0 Å². The Kier molecular flexibility index (Phi) is 5.28. The van der Waals surface area contributed by atoms with Crippen molar-refractivity contribution < 1.29 is 4.79 Å². The number of nitrogens with zero attached hydrogens (tertiary/aromatic N) is 1. The van der Waals surface area contributed by atoms with Crippen molar-refractivity contribution in [3.05, 3.63) is 23.5 Å². The normalized spacial score (nSPS) is 16.5. The Balaban J connectivity index is 1.76. The Hall–Kier alpha value is -0.780. The highest BCUT2D eigenvalue weighted by atomic mass is 35.5. The van der Waals surface area contributed by atoms with Crippen LogP contribution in [0.25, 0.3) is 0 Å². The number of pyridine rings is 1. The smallest absolute Gasteiger partial charge is 0.234 e. The standard InChI is InChI=1S/C12H16ClN3OS/c13-12-10(2-1-5-15-12)16-11(17)8-18-9-3-6-14-7-4-9/h1-2,5,9,14H,3-4,6-8H2,(H,16,17). The van der Waals surface area contributed by atoms with Crippen molar-refractivity contribution in [1.82, 2.24) is 10.3 Å². The number of thioether (sulfide) groups is 1. The molecule has 4 nitrogen and oxygen atoms in total. The van der Waals surface area contributed by atoms with Crippen molar-refractivity contribution in [2.45, 2.75) is 18.1 Å². The second kappa shape index (κ2) is 6.97. The van der Waals surface area contributed by atoms with E-state index in [0.29, 0.717) is 21.8 Å². The number of rotatable bonds is 4. The first-order valence-corrected chi connectivity index (χ1v) is 7.41. The number of piperidine rings is 1. The zero-order valence-electron chi connectivity index (χ0n) is 9.99. The van der Waals surface area contributed by atoms with Crippen molar-refractivity contribution >= 4 is 35.0 Å². The van der Waals surface area contributed by atoms with E-state index >= 15 is 0 Å². The van der Waals surface area contributed by atoms with Gasteiger partial charge >= 0.3 is 0 Å². The topological polar surface area (TPSA) is 54.0 Å². The second-order valence-corrected chi connectivity index (χ2v) is 5.80. The Morgan fingerprint density at radius 3 is 3.06 bits per heavy atom. The highest BCUT2D eigenvalue weighted by Gasteiger charge is 2.15. The lowest BCUT2D eigenvalue weighted by molar-refractivity contribution is -0.113. The Labute approximate surface area is 116 Å². The molecule has 0 spiro atoms. The first kappa shape index (κ1) is 13.6. The molecule has 0 unspecified atom stereocenters. The van der Waals surface area contributed by atoms with Gasteiger partial charge < -0.3 is 10.6 Å². The number of aromatic nitrogens is 1. The minimum Gasteiger partial charge on any atom is -0.323 e. The van der Waals surface area contributed by atoms with Gasteiger partial charge in [-0.3, -0.25) is 4.79 Å². The molecule has 0 saturated carbocycles. The fourth-order valence-corrected chi connectivity index (χ4v) is 3.02. The highest BCUT2D eigenvalue weighted by molar-refractivity contribution is 8.00. The summed E-state index contributed by atoms with van der Waals surface area (Å²) < 4.78 is 0. The number of hydrogen-bond acceptors (Lipinski definition) is 4. The van der Waals surface area contributed by atoms with E-state index in [4.69, 9.17) is 11.6 Å². The average Bonchev–Trinajstić information content (AvgIpc) is 2.40. The Morgan fingerprint density at radius 2 is 2.33 bits per heavy atom. The van der Waals surface area contributed by atoms with Gasteiger partial charge in [0.25, 0.3) is 0 Å². The number of hydrogen-bond donors (Lipinski definition) is 2. The summed E-state index contributed by atoms with van der Waals surface area (Å²) in [4.78, 5) is 15.7. The summed E-state index contributed by atoms with van der Waals surface area (Å²) in [7, 11) is 0. The van der Waals surface area contributed by atoms with E-state index in [9.17, 15) is 4.79 Å². The van der Waals surface area contributed by atoms with Crippen LogP contribution < -0.4 is 10.6 Å². The third kappa shape index (κ3) is 4.15. The first-order chi connectivity index (χ1) is 8.75. The van der Waals surface area contributed by atoms with E-state index in [1.54, 1.807) is 30.1 Å². The maximum absolute atomic E-state index is 11.8. The molecule has 1 aromatic heterocycles. The molecule has 1 aliphatic rings. The third-order valence-corrected chi connectivity index (χ3v) is 4.44. The lowest BCUT2D eigenvalue weighted by Gasteiger charge is -2.21. The number of amides is 1. The lowest BCUT2D eigenvalue weighted by atomic mass is 10.2. The molecule has 1 aliphatic heterocycles. The van der Waals surface area contributed by atoms with Crippen molar-refractivity contribution in [3.63, 3.8) is 0 Å². The van der Waals surface area contributed by atoms with Crippen molar-refractivity contribution in [2.24, 2.45) is 0 Å². The Bertz CT molecular complexity index is 410. The second-order valence-electron chi connectivity index (χ2n) is 4.15. The van der Waals surface area contributed by atoms with Gasteiger partial charge in [-0.2, -0.15) is 0 Å². The minimum absolute atomic E-state index is 0.0200. The maximum atomic E-state index is 11.8. The van der Waals surface area contributed by atoms with Gasteiger partial charge in [0.2, 0.25) is 5.91 Å². The lowest BCUT2D eigenvalue weighted by Crippen LogP contribution is -2.30. The fourth-order valence-electron chi connectivity index (χ4n) is 1.82. The van der Waals surface area contributed by atoms with Crippen LogP contribution in [0.3, 0.4) is 0 Å². The van der Waals surface area contributed by atoms with Gasteiger partial charge in [-0.25, -0.2) is 4.98 Å². The fraction of sp³-hybridized carbons (Fsp3) is 0.500. The number of nitrogens with one attached hydrogen (secondary N) is 2. The van der Waals surface area contributed by atoms with Crippen LogP contribution in [-0.2, 0) is 4.79 Å². The summed E-state index contributed by atoms with van der Waals surface area (Å²) in [5, 5.41) is 7.01. The van der Waals surface area contributed by atoms with Crippen molar-refractivity contribution in [2.75, 3.05) is 24.2 Å². The van der Waals surface area contributed by atoms with Gasteiger partial charge in [0.1, 0.15) is 0 Å². The quantitative estimate of drug-likeness (QED) is 0.833. The van der Waals surface area contributed by atoms with Gasteiger partial charge in [0.15, 0.2) is 5.15 Å². The SMILES string of the molecule is O=C(CSC1CCNCC1)Nc1cccnc1Cl. The van der Waals surface area contributed by atoms with E-state index in [2.05, 4.69) is 15.6 Å². The monoisotopic (exact) mass is 285 g/mol. The van der Waals surface area contributed by atoms with Crippen LogP contribution in [0.1, 0.15) is 12.8 Å². The summed E-state index contributed by atoms with van der Waals surface area (Å²) >= 11 is 7.59. The molecule has 1 fully saturated rings. The van der Waals surface area contributed by atoms with Crippen LogP contribution in [0.5, 0.6) is 0 Å². The molecule has 1 amide bonds. The molecule has 2 N–H and O–H groups in total. The molecule has 6 heteroatoms. The van der Waals surface area contributed by atoms with Gasteiger partial charge in [-0.15, -0.1) is 11.8 Å². The molecule has 98 valence electrons. The van der Waals surface area contributed by atoms with E-state index in [0.717, 1.165) is 25.9 Å². The van der Waals surface area contributed by atoms with Gasteiger partial charge in [0, 0.05) is 11.4 Å². The summed E-state index contributed by atoms with van der Waals surface area (Å²) in [6, 6.07) is 3.50. The molecule has 2 rings (SSSR count). The summed E-state index contributed by atoms with van der Waals surface area (Å²) in [5.74, 6) is 0.448. The molecule has 0 aliphatic carbocycles. The third-order valence-electron chi connectivity index (χ3n) is 2.77. The van der Waals surface area contributed by atoms with Crippen molar-refractivity contribution in [3.8, 4) is 0 Å². The predicted molar refractivity (Wildman–Crippen MR) is 76.2 cm³/mol. The molecular formula is C12H16ClN3OS. The molecule has 0 radical (unpaired) electrons. The van der Waals surface area contributed by atoms with Gasteiger partial charge in [-0.05, 0) is 38.1 Å². The maximum Gasteiger partial charge on any atom is 0.234 e. The van der Waals surface area contributed by atoms with Crippen LogP contribution in [0.2, 0.25) is 5.15 Å². The van der Waals surface area contributed by atoms with Gasteiger partial charge in [0.05, 0.1) is 11.4 Å². The largest absolute Gasteiger partial charge is 0.323 e. The van der Waals surface area contributed by atoms with Crippen LogP contribution in [0.15, 0.2) is 18.3 Å². The van der Waals surface area contributed by atoms with Crippen molar-refractivity contribution in [1.29, 1.82) is 0 Å². The highest BCUT2D eigenvalue weighted by Crippen LogP contribution is 2.21. The van der Waals surface area contributed by atoms with Crippen LogP contribution in [0.4, 0.5) is 5.69 Å². The van der Waals surface area contributed by atoms with E-state index < -0.39 is 0 Å². The summed E-state index contributed by atoms with van der Waals surface area (Å²) in [6.45, 7) is 2.10. The number of carbonyl (C=O) groups excluding carboxylic acids is 1. The van der Waals surface area contributed by atoms with E-state index in [-0.39, 0.29) is 5.91 Å². The molecular weight excluding hydrogens is 270 g/mol. The van der Waals surface area contributed by atoms with Crippen LogP contribution in [0, 0.1) is 0 Å². The number of halogens is 1. The molecule has 1 aromatic rings. The first-order valence-electron chi connectivity index (χ1n) is 5.98. The predicted octanol–water partition coefficient (Wildman–Crippen LogP) is 2.16. The molecule has 2 heterocycles. The average molecular weight is 286 g/mol. The molecule has 0 bridgehead atoms. The summed E-state index contributed by atoms with van der Waals surface area (Å²) in [5.41, 5.74) is 0.579. The Morgan fingerprint density at radius 1 is 1.56 bits per heavy atom. The zero-order valence-corrected chi connectivity index (χ0v) is 11.6. The molecule has 18 heavy (non-hydrogen) atoms.